The number of aromatic nitrogens is 2. The van der Waals surface area contributed by atoms with Gasteiger partial charge in [-0.2, -0.15) is 13.2 Å². The van der Waals surface area contributed by atoms with Crippen molar-refractivity contribution in [3.8, 4) is 0 Å². The molecule has 0 bridgehead atoms. The summed E-state index contributed by atoms with van der Waals surface area (Å²) in [7, 11) is 0. The molecule has 1 heterocycles. The van der Waals surface area contributed by atoms with Gasteiger partial charge in [0.15, 0.2) is 0 Å². The maximum absolute atomic E-state index is 12.6. The van der Waals surface area contributed by atoms with Crippen LogP contribution in [0.4, 0.5) is 24.8 Å². The van der Waals surface area contributed by atoms with Crippen LogP contribution in [0.25, 0.3) is 0 Å². The number of nitrogens with one attached hydrogen (secondary N) is 2. The smallest absolute Gasteiger partial charge is 0.370 e. The van der Waals surface area contributed by atoms with Crippen LogP contribution >= 0.6 is 0 Å². The molecule has 5 nitrogen and oxygen atoms in total. The third-order valence-corrected chi connectivity index (χ3v) is 3.21. The molecule has 106 valence electrons. The van der Waals surface area contributed by atoms with Gasteiger partial charge >= 0.3 is 6.18 Å². The summed E-state index contributed by atoms with van der Waals surface area (Å²) in [5.41, 5.74) is 2.11. The molecule has 1 aliphatic carbocycles. The molecule has 0 radical (unpaired) electrons. The first kappa shape index (κ1) is 13.9. The van der Waals surface area contributed by atoms with E-state index in [0.717, 1.165) is 6.42 Å². The second kappa shape index (κ2) is 5.60. The van der Waals surface area contributed by atoms with E-state index in [0.29, 0.717) is 12.5 Å². The Morgan fingerprint density at radius 2 is 1.95 bits per heavy atom. The number of alkyl halides is 3. The minimum absolute atomic E-state index is 0.0616. The van der Waals surface area contributed by atoms with E-state index in [1.54, 1.807) is 0 Å². The maximum atomic E-state index is 12.6. The Balaban J connectivity index is 2.01. The Morgan fingerprint density at radius 3 is 2.47 bits per heavy atom. The van der Waals surface area contributed by atoms with Gasteiger partial charge in [-0.05, 0) is 12.3 Å². The maximum Gasteiger partial charge on any atom is 0.451 e. The highest BCUT2D eigenvalue weighted by atomic mass is 19.4. The van der Waals surface area contributed by atoms with Crippen LogP contribution < -0.4 is 16.6 Å². The van der Waals surface area contributed by atoms with E-state index in [2.05, 4.69) is 20.7 Å². The first-order chi connectivity index (χ1) is 8.99. The average Bonchev–Trinajstić information content (AvgIpc) is 2.31. The zero-order chi connectivity index (χ0) is 13.9. The molecular weight excluding hydrogens is 259 g/mol. The molecule has 2 rings (SSSR count). The molecule has 4 N–H and O–H groups in total. The monoisotopic (exact) mass is 275 g/mol. The van der Waals surface area contributed by atoms with Crippen molar-refractivity contribution >= 4 is 11.6 Å². The first-order valence-corrected chi connectivity index (χ1v) is 6.16. The summed E-state index contributed by atoms with van der Waals surface area (Å²) >= 11 is 0. The van der Waals surface area contributed by atoms with Crippen LogP contribution in [-0.2, 0) is 6.18 Å². The largest absolute Gasteiger partial charge is 0.451 e. The van der Waals surface area contributed by atoms with Crippen molar-refractivity contribution in [3.63, 3.8) is 0 Å². The summed E-state index contributed by atoms with van der Waals surface area (Å²) in [6.45, 7) is 0.600. The molecule has 0 aliphatic heterocycles. The Bertz CT molecular complexity index is 431. The number of anilines is 2. The van der Waals surface area contributed by atoms with Gasteiger partial charge in [-0.1, -0.05) is 19.3 Å². The van der Waals surface area contributed by atoms with Crippen LogP contribution in [0, 0.1) is 5.92 Å². The first-order valence-electron chi connectivity index (χ1n) is 6.16. The standard InChI is InChI=1S/C11H16F3N5/c12-11(13,14)10-17-8(6-9(18-10)19-15)16-5-4-7-2-1-3-7/h6-7H,1-5,15H2,(H2,16,17,18,19). The molecule has 1 saturated carbocycles. The predicted octanol–water partition coefficient (Wildman–Crippen LogP) is 2.38. The number of hydrazine groups is 1. The van der Waals surface area contributed by atoms with Crippen LogP contribution in [-0.4, -0.2) is 16.5 Å². The summed E-state index contributed by atoms with van der Waals surface area (Å²) in [6, 6.07) is 1.36. The molecule has 1 fully saturated rings. The minimum Gasteiger partial charge on any atom is -0.370 e. The fourth-order valence-corrected chi connectivity index (χ4v) is 1.92. The normalized spacial score (nSPS) is 16.0. The predicted molar refractivity (Wildman–Crippen MR) is 65.3 cm³/mol. The zero-order valence-electron chi connectivity index (χ0n) is 10.3. The van der Waals surface area contributed by atoms with E-state index in [-0.39, 0.29) is 11.6 Å². The van der Waals surface area contributed by atoms with Crippen molar-refractivity contribution in [2.45, 2.75) is 31.9 Å². The summed E-state index contributed by atoms with van der Waals surface area (Å²) in [4.78, 5) is 6.73. The van der Waals surface area contributed by atoms with Crippen molar-refractivity contribution in [3.05, 3.63) is 11.9 Å². The van der Waals surface area contributed by atoms with Crippen LogP contribution in [0.3, 0.4) is 0 Å². The summed E-state index contributed by atoms with van der Waals surface area (Å²) in [5, 5.41) is 2.88. The number of halogens is 3. The highest BCUT2D eigenvalue weighted by molar-refractivity contribution is 5.47. The molecule has 0 spiro atoms. The van der Waals surface area contributed by atoms with Crippen molar-refractivity contribution < 1.29 is 13.2 Å². The lowest BCUT2D eigenvalue weighted by Gasteiger charge is -2.25. The Hall–Kier alpha value is -1.57. The van der Waals surface area contributed by atoms with Gasteiger partial charge < -0.3 is 10.7 Å². The van der Waals surface area contributed by atoms with E-state index in [9.17, 15) is 13.2 Å². The van der Waals surface area contributed by atoms with Gasteiger partial charge in [0.1, 0.15) is 11.6 Å². The lowest BCUT2D eigenvalue weighted by Crippen LogP contribution is -2.19. The molecule has 0 aromatic carbocycles. The molecule has 19 heavy (non-hydrogen) atoms. The van der Waals surface area contributed by atoms with E-state index >= 15 is 0 Å². The summed E-state index contributed by atoms with van der Waals surface area (Å²) in [5.74, 6) is 4.66. The van der Waals surface area contributed by atoms with Crippen molar-refractivity contribution in [2.75, 3.05) is 17.3 Å². The van der Waals surface area contributed by atoms with Gasteiger partial charge in [0, 0.05) is 12.6 Å². The van der Waals surface area contributed by atoms with Gasteiger partial charge in [-0.3, -0.25) is 0 Å². The molecule has 0 unspecified atom stereocenters. The Kier molecular flexibility index (Phi) is 4.08. The molecule has 0 amide bonds. The molecule has 1 aromatic heterocycles. The van der Waals surface area contributed by atoms with Crippen molar-refractivity contribution in [1.82, 2.24) is 9.97 Å². The number of nitrogens with zero attached hydrogens (tertiary/aromatic N) is 2. The van der Waals surface area contributed by atoms with Crippen molar-refractivity contribution in [1.29, 1.82) is 0 Å². The van der Waals surface area contributed by atoms with Gasteiger partial charge in [-0.15, -0.1) is 0 Å². The molecular formula is C11H16F3N5. The minimum atomic E-state index is -4.59. The molecule has 0 saturated heterocycles. The number of rotatable bonds is 5. The number of hydrogen-bond donors (Lipinski definition) is 3. The second-order valence-corrected chi connectivity index (χ2v) is 4.62. The van der Waals surface area contributed by atoms with Crippen LogP contribution in [0.5, 0.6) is 0 Å². The number of hydrogen-bond acceptors (Lipinski definition) is 5. The quantitative estimate of drug-likeness (QED) is 0.568. The van der Waals surface area contributed by atoms with Gasteiger partial charge in [0.2, 0.25) is 5.82 Å². The van der Waals surface area contributed by atoms with Gasteiger partial charge in [0.05, 0.1) is 0 Å². The number of nitrogens with two attached hydrogens (primary N) is 1. The molecule has 1 aliphatic rings. The SMILES string of the molecule is NNc1cc(NCCC2CCC2)nc(C(F)(F)F)n1. The topological polar surface area (TPSA) is 75.9 Å². The van der Waals surface area contributed by atoms with E-state index < -0.39 is 12.0 Å². The second-order valence-electron chi connectivity index (χ2n) is 4.62. The average molecular weight is 275 g/mol. The molecule has 0 atom stereocenters. The van der Waals surface area contributed by atoms with Gasteiger partial charge in [0.25, 0.3) is 0 Å². The highest BCUT2D eigenvalue weighted by Crippen LogP contribution is 2.30. The van der Waals surface area contributed by atoms with Gasteiger partial charge in [-0.25, -0.2) is 15.8 Å². The lowest BCUT2D eigenvalue weighted by atomic mass is 9.83. The van der Waals surface area contributed by atoms with Crippen LogP contribution in [0.2, 0.25) is 0 Å². The van der Waals surface area contributed by atoms with E-state index in [4.69, 9.17) is 5.84 Å². The van der Waals surface area contributed by atoms with Crippen molar-refractivity contribution in [2.24, 2.45) is 11.8 Å². The Morgan fingerprint density at radius 1 is 1.26 bits per heavy atom. The Labute approximate surface area is 108 Å². The lowest BCUT2D eigenvalue weighted by molar-refractivity contribution is -0.144. The third-order valence-electron chi connectivity index (χ3n) is 3.21. The zero-order valence-corrected chi connectivity index (χ0v) is 10.3. The van der Waals surface area contributed by atoms with Crippen LogP contribution in [0.15, 0.2) is 6.07 Å². The highest BCUT2D eigenvalue weighted by Gasteiger charge is 2.35. The summed E-state index contributed by atoms with van der Waals surface area (Å²) < 4.78 is 37.7. The molecule has 8 heteroatoms. The number of nitrogen functional groups attached to an aromatic ring is 1. The van der Waals surface area contributed by atoms with E-state index in [1.165, 1.54) is 25.3 Å². The fraction of sp³-hybridized carbons (Fsp3) is 0.636. The van der Waals surface area contributed by atoms with E-state index in [1.807, 2.05) is 0 Å². The third kappa shape index (κ3) is 3.69. The van der Waals surface area contributed by atoms with Crippen LogP contribution in [0.1, 0.15) is 31.5 Å². The summed E-state index contributed by atoms with van der Waals surface area (Å²) in [6.07, 6.45) is 0.00929. The fourth-order valence-electron chi connectivity index (χ4n) is 1.92. The molecule has 1 aromatic rings.